The Morgan fingerprint density at radius 3 is 2.81 bits per heavy atom. The zero-order valence-corrected chi connectivity index (χ0v) is 14.8. The maximum absolute atomic E-state index is 6.18. The van der Waals surface area contributed by atoms with Gasteiger partial charge in [0.1, 0.15) is 0 Å². The van der Waals surface area contributed by atoms with Gasteiger partial charge in [0, 0.05) is 13.0 Å². The number of hydrogen-bond donors (Lipinski definition) is 1. The predicted octanol–water partition coefficient (Wildman–Crippen LogP) is 2.83. The highest BCUT2D eigenvalue weighted by Gasteiger charge is 2.29. The van der Waals surface area contributed by atoms with E-state index in [0.29, 0.717) is 6.61 Å². The number of rotatable bonds is 6. The fraction of sp³-hybridized carbons (Fsp3) is 0.857. The standard InChI is InChI=1S/C14H26BO4PS/c1-10-7-12(4-6-17-15(20)21)19-14(8-10)9-13-3-5-16-11(2)18-13/h11-14,21H,1,3-9,20H2,2H3/t11-,12-,13-,14+/m0/s1. The van der Waals surface area contributed by atoms with Crippen molar-refractivity contribution >= 4 is 27.5 Å². The van der Waals surface area contributed by atoms with E-state index < -0.39 is 0 Å². The van der Waals surface area contributed by atoms with E-state index in [1.165, 1.54) is 5.57 Å². The minimum absolute atomic E-state index is 0.103. The van der Waals surface area contributed by atoms with Crippen molar-refractivity contribution in [1.29, 1.82) is 0 Å². The zero-order valence-electron chi connectivity index (χ0n) is 12.7. The lowest BCUT2D eigenvalue weighted by Gasteiger charge is -2.35. The van der Waals surface area contributed by atoms with E-state index >= 15 is 0 Å². The summed E-state index contributed by atoms with van der Waals surface area (Å²) in [7, 11) is 2.51. The SMILES string of the molecule is C=C1C[C@H](C[C@@H]2CCO[C@H](C)O2)O[C@@H](CCOB(P)S)C1. The molecule has 0 aromatic heterocycles. The quantitative estimate of drug-likeness (QED) is 0.351. The Kier molecular flexibility index (Phi) is 7.53. The summed E-state index contributed by atoms with van der Waals surface area (Å²) in [5, 5.41) is 0. The molecule has 2 rings (SSSR count). The molecular weight excluding hydrogens is 306 g/mol. The summed E-state index contributed by atoms with van der Waals surface area (Å²) in [4.78, 5) is 0. The van der Waals surface area contributed by atoms with Gasteiger partial charge >= 0.3 is 5.91 Å². The highest BCUT2D eigenvalue weighted by molar-refractivity contribution is 8.23. The van der Waals surface area contributed by atoms with Crippen LogP contribution in [0.3, 0.4) is 0 Å². The zero-order chi connectivity index (χ0) is 15.2. The van der Waals surface area contributed by atoms with Gasteiger partial charge in [-0.3, -0.25) is 0 Å². The lowest BCUT2D eigenvalue weighted by atomic mass is 9.94. The average Bonchev–Trinajstić information content (AvgIpc) is 2.37. The smallest absolute Gasteiger partial charge is 0.380 e. The van der Waals surface area contributed by atoms with Gasteiger partial charge in [0.25, 0.3) is 0 Å². The Balaban J connectivity index is 1.75. The van der Waals surface area contributed by atoms with Crippen molar-refractivity contribution in [2.24, 2.45) is 0 Å². The average molecular weight is 332 g/mol. The molecule has 0 spiro atoms. The van der Waals surface area contributed by atoms with Gasteiger partial charge < -0.3 is 18.9 Å². The van der Waals surface area contributed by atoms with Crippen molar-refractivity contribution in [2.75, 3.05) is 13.2 Å². The van der Waals surface area contributed by atoms with Gasteiger partial charge in [-0.1, -0.05) is 12.2 Å². The number of ether oxygens (including phenoxy) is 3. The van der Waals surface area contributed by atoms with Gasteiger partial charge in [0.05, 0.1) is 24.9 Å². The summed E-state index contributed by atoms with van der Waals surface area (Å²) in [6.45, 7) is 7.54. The van der Waals surface area contributed by atoms with Crippen molar-refractivity contribution in [3.63, 3.8) is 0 Å². The molecule has 5 atom stereocenters. The Bertz CT molecular complexity index is 345. The van der Waals surface area contributed by atoms with Crippen molar-refractivity contribution in [2.45, 2.75) is 63.6 Å². The first-order valence-corrected chi connectivity index (χ1v) is 8.85. The van der Waals surface area contributed by atoms with Crippen LogP contribution in [-0.4, -0.2) is 43.7 Å². The molecule has 2 aliphatic rings. The fourth-order valence-corrected chi connectivity index (χ4v) is 3.18. The number of hydrogen-bond acceptors (Lipinski definition) is 5. The monoisotopic (exact) mass is 332 g/mol. The first-order chi connectivity index (χ1) is 10.0. The summed E-state index contributed by atoms with van der Waals surface area (Å²) < 4.78 is 22.8. The lowest BCUT2D eigenvalue weighted by molar-refractivity contribution is -0.211. The topological polar surface area (TPSA) is 36.9 Å². The summed E-state index contributed by atoms with van der Waals surface area (Å²) in [5.74, 6) is -0.107. The van der Waals surface area contributed by atoms with Crippen LogP contribution in [0.2, 0.25) is 0 Å². The molecule has 0 amide bonds. The van der Waals surface area contributed by atoms with Crippen LogP contribution in [0.4, 0.5) is 0 Å². The molecule has 2 heterocycles. The molecule has 0 aliphatic carbocycles. The third-order valence-electron chi connectivity index (χ3n) is 3.85. The third-order valence-corrected chi connectivity index (χ3v) is 4.19. The molecule has 1 unspecified atom stereocenters. The van der Waals surface area contributed by atoms with Crippen molar-refractivity contribution in [3.8, 4) is 0 Å². The summed E-state index contributed by atoms with van der Waals surface area (Å²) in [6.07, 6.45) is 5.14. The van der Waals surface area contributed by atoms with Crippen LogP contribution in [0.5, 0.6) is 0 Å². The van der Waals surface area contributed by atoms with Gasteiger partial charge in [0.15, 0.2) is 6.29 Å². The Labute approximate surface area is 135 Å². The predicted molar refractivity (Wildman–Crippen MR) is 91.6 cm³/mol. The van der Waals surface area contributed by atoms with E-state index in [-0.39, 0.29) is 30.5 Å². The van der Waals surface area contributed by atoms with Crippen molar-refractivity contribution in [3.05, 3.63) is 12.2 Å². The van der Waals surface area contributed by atoms with Crippen LogP contribution in [0.25, 0.3) is 0 Å². The molecule has 120 valence electrons. The van der Waals surface area contributed by atoms with Crippen molar-refractivity contribution in [1.82, 2.24) is 0 Å². The molecule has 2 aliphatic heterocycles. The first-order valence-electron chi connectivity index (χ1n) is 7.67. The Hall–Kier alpha value is 0.425. The largest absolute Gasteiger partial charge is 0.422 e. The van der Waals surface area contributed by atoms with Crippen LogP contribution in [0, 0.1) is 0 Å². The van der Waals surface area contributed by atoms with Gasteiger partial charge in [-0.25, -0.2) is 0 Å². The fourth-order valence-electron chi connectivity index (χ4n) is 2.94. The van der Waals surface area contributed by atoms with E-state index in [4.69, 9.17) is 18.9 Å². The highest BCUT2D eigenvalue weighted by Crippen LogP contribution is 2.29. The maximum atomic E-state index is 6.18. The molecule has 21 heavy (non-hydrogen) atoms. The van der Waals surface area contributed by atoms with E-state index in [2.05, 4.69) is 28.2 Å². The van der Waals surface area contributed by atoms with Crippen LogP contribution in [-0.2, 0) is 18.9 Å². The van der Waals surface area contributed by atoms with Gasteiger partial charge in [-0.2, -0.15) is 12.5 Å². The third kappa shape index (κ3) is 6.59. The second-order valence-electron chi connectivity index (χ2n) is 5.81. The van der Waals surface area contributed by atoms with Gasteiger partial charge in [-0.15, -0.1) is 9.12 Å². The molecule has 2 saturated heterocycles. The summed E-state index contributed by atoms with van der Waals surface area (Å²) in [5.41, 5.74) is 1.27. The molecule has 0 N–H and O–H groups in total. The second-order valence-corrected chi connectivity index (χ2v) is 7.48. The highest BCUT2D eigenvalue weighted by atomic mass is 32.1. The van der Waals surface area contributed by atoms with E-state index in [1.807, 2.05) is 6.92 Å². The van der Waals surface area contributed by atoms with E-state index in [1.54, 1.807) is 0 Å². The lowest BCUT2D eigenvalue weighted by Crippen LogP contribution is -2.37. The molecule has 0 radical (unpaired) electrons. The van der Waals surface area contributed by atoms with E-state index in [0.717, 1.165) is 38.7 Å². The first kappa shape index (κ1) is 17.8. The van der Waals surface area contributed by atoms with Crippen molar-refractivity contribution < 1.29 is 18.9 Å². The molecule has 2 fully saturated rings. The molecule has 7 heteroatoms. The molecule has 0 bridgehead atoms. The Morgan fingerprint density at radius 2 is 2.10 bits per heavy atom. The summed E-state index contributed by atoms with van der Waals surface area (Å²) >= 11 is 4.18. The second kappa shape index (κ2) is 8.90. The molecule has 0 aromatic rings. The minimum Gasteiger partial charge on any atom is -0.422 e. The molecule has 4 nitrogen and oxygen atoms in total. The Morgan fingerprint density at radius 1 is 1.33 bits per heavy atom. The minimum atomic E-state index is -0.107. The van der Waals surface area contributed by atoms with Gasteiger partial charge in [-0.05, 0) is 32.6 Å². The molecule has 0 saturated carbocycles. The maximum Gasteiger partial charge on any atom is 0.380 e. The van der Waals surface area contributed by atoms with Crippen LogP contribution in [0.15, 0.2) is 12.2 Å². The van der Waals surface area contributed by atoms with Crippen LogP contribution >= 0.6 is 21.6 Å². The molecular formula is C14H26BO4PS. The van der Waals surface area contributed by atoms with Crippen LogP contribution in [0.1, 0.15) is 39.0 Å². The molecule has 0 aromatic carbocycles. The number of thiol groups is 1. The van der Waals surface area contributed by atoms with E-state index in [9.17, 15) is 0 Å². The summed E-state index contributed by atoms with van der Waals surface area (Å²) in [6, 6.07) is 0. The van der Waals surface area contributed by atoms with Crippen LogP contribution < -0.4 is 0 Å². The van der Waals surface area contributed by atoms with Gasteiger partial charge in [0.2, 0.25) is 0 Å². The normalized spacial score (nSPS) is 34.0.